The van der Waals surface area contributed by atoms with Crippen LogP contribution in [-0.2, 0) is 19.1 Å². The third-order valence-electron chi connectivity index (χ3n) is 10.9. The summed E-state index contributed by atoms with van der Waals surface area (Å²) in [5.41, 5.74) is 0.357. The summed E-state index contributed by atoms with van der Waals surface area (Å²) in [4.78, 5) is 59.8. The van der Waals surface area contributed by atoms with Crippen LogP contribution in [0.15, 0.2) is 30.4 Å². The van der Waals surface area contributed by atoms with Gasteiger partial charge in [0.2, 0.25) is 5.91 Å². The van der Waals surface area contributed by atoms with Crippen LogP contribution in [0.4, 0.5) is 4.79 Å². The Hall–Kier alpha value is -3.75. The number of allylic oxidation sites excluding steroid dienone is 1. The Morgan fingerprint density at radius 3 is 2.58 bits per heavy atom. The Morgan fingerprint density at radius 2 is 1.85 bits per heavy atom. The van der Waals surface area contributed by atoms with E-state index >= 15 is 0 Å². The number of alkyl halides is 1. The molecule has 1 aromatic carbocycles. The van der Waals surface area contributed by atoms with Gasteiger partial charge in [-0.3, -0.25) is 19.7 Å². The fourth-order valence-corrected chi connectivity index (χ4v) is 8.20. The van der Waals surface area contributed by atoms with Crippen molar-refractivity contribution in [3.63, 3.8) is 0 Å². The number of ketones is 1. The van der Waals surface area contributed by atoms with Crippen LogP contribution in [0, 0.1) is 12.8 Å². The minimum absolute atomic E-state index is 0.0648. The predicted molar refractivity (Wildman–Crippen MR) is 196 cm³/mol. The number of pyridine rings is 1. The van der Waals surface area contributed by atoms with Gasteiger partial charge >= 0.3 is 12.1 Å². The molecule has 0 radical (unpaired) electrons. The van der Waals surface area contributed by atoms with Crippen molar-refractivity contribution in [3.8, 4) is 11.5 Å². The van der Waals surface area contributed by atoms with Crippen LogP contribution in [-0.4, -0.2) is 101 Å². The zero-order valence-corrected chi connectivity index (χ0v) is 31.6. The molecule has 2 aliphatic carbocycles. The number of aliphatic hydroxyl groups excluding tert-OH is 1. The first-order valence-corrected chi connectivity index (χ1v) is 19.4. The number of Topliss-reactive ketones (excluding diaryl/α,β-unsaturated/α-hetero) is 1. The monoisotopic (exact) mass is 784 g/mol. The summed E-state index contributed by atoms with van der Waals surface area (Å²) >= 11 is 3.25. The number of hydrogen-bond donors (Lipinski definition) is 3. The number of carbonyl (C=O) groups is 4. The first-order chi connectivity index (χ1) is 25.1. The number of aliphatic hydroxyl groups is 1. The topological polar surface area (TPSA) is 166 Å². The van der Waals surface area contributed by atoms with Crippen molar-refractivity contribution in [2.24, 2.45) is 5.92 Å². The van der Waals surface area contributed by atoms with Crippen LogP contribution in [0.1, 0.15) is 86.7 Å². The molecule has 1 saturated heterocycles. The quantitative estimate of drug-likeness (QED) is 0.145. The average molecular weight is 786 g/mol. The molecule has 13 nitrogen and oxygen atoms in total. The average Bonchev–Trinajstić information content (AvgIpc) is 3.42. The van der Waals surface area contributed by atoms with Gasteiger partial charge in [0.15, 0.2) is 5.78 Å². The van der Waals surface area contributed by atoms with Gasteiger partial charge in [0.1, 0.15) is 47.2 Å². The third-order valence-corrected chi connectivity index (χ3v) is 11.4. The first-order valence-electron chi connectivity index (χ1n) is 18.3. The van der Waals surface area contributed by atoms with E-state index in [1.165, 1.54) is 7.11 Å². The van der Waals surface area contributed by atoms with Gasteiger partial charge in [-0.25, -0.2) is 9.78 Å². The normalized spacial score (nSPS) is 28.9. The van der Waals surface area contributed by atoms with Crippen LogP contribution in [0.2, 0.25) is 0 Å². The maximum absolute atomic E-state index is 14.5. The van der Waals surface area contributed by atoms with E-state index in [1.807, 2.05) is 25.1 Å². The van der Waals surface area contributed by atoms with Crippen molar-refractivity contribution in [2.45, 2.75) is 114 Å². The van der Waals surface area contributed by atoms with Crippen molar-refractivity contribution in [1.29, 1.82) is 0 Å². The summed E-state index contributed by atoms with van der Waals surface area (Å²) in [5.74, 6) is -0.257. The largest absolute Gasteiger partial charge is 0.496 e. The molecular weight excluding hydrogens is 736 g/mol. The van der Waals surface area contributed by atoms with Crippen molar-refractivity contribution in [1.82, 2.24) is 20.5 Å². The van der Waals surface area contributed by atoms with Crippen molar-refractivity contribution >= 4 is 50.6 Å². The summed E-state index contributed by atoms with van der Waals surface area (Å²) in [6, 6.07) is 3.50. The molecule has 2 saturated carbocycles. The van der Waals surface area contributed by atoms with Gasteiger partial charge in [0.25, 0.3) is 0 Å². The molecule has 4 aliphatic rings. The molecule has 282 valence electrons. The van der Waals surface area contributed by atoms with Gasteiger partial charge in [0.05, 0.1) is 37.7 Å². The molecule has 3 N–H and O–H groups in total. The number of benzene rings is 1. The van der Waals surface area contributed by atoms with Crippen LogP contribution in [0.3, 0.4) is 0 Å². The summed E-state index contributed by atoms with van der Waals surface area (Å²) in [6.07, 6.45) is 9.13. The Labute approximate surface area is 312 Å². The number of alkyl carbamates (subject to hydrolysis) is 1. The van der Waals surface area contributed by atoms with Crippen LogP contribution in [0.25, 0.3) is 10.9 Å². The van der Waals surface area contributed by atoms with Gasteiger partial charge in [-0.05, 0) is 70.4 Å². The molecular formula is C38H49BrN4O9. The Morgan fingerprint density at radius 1 is 1.08 bits per heavy atom. The highest BCUT2D eigenvalue weighted by Gasteiger charge is 2.61. The number of fused-ring (bicyclic) bond motifs is 3. The number of carbonyl (C=O) groups excluding carboxylic acids is 4. The van der Waals surface area contributed by atoms with E-state index in [1.54, 1.807) is 18.1 Å². The van der Waals surface area contributed by atoms with Crippen LogP contribution in [0.5, 0.6) is 11.5 Å². The minimum atomic E-state index is -1.34. The van der Waals surface area contributed by atoms with E-state index in [9.17, 15) is 24.3 Å². The number of nitrogens with zero attached hydrogens (tertiary/aromatic N) is 2. The molecule has 2 aromatic rings. The van der Waals surface area contributed by atoms with E-state index in [0.717, 1.165) is 50.5 Å². The second kappa shape index (κ2) is 16.5. The standard InChI is InChI=1S/C38H49BrN4O9/c1-22-31(49-2)16-15-26-32(18-28(30(44)20-39)40-33(22)26)51-25-17-29-34(45)42-38(36(47)50-3)19-23(38)11-7-5-4-6-8-14-27(35(46)43(29)21-25)41-37(48)52-24-12-9-10-13-24/h7,11,15-16,18,23-25,27,29,34,42,45H,4-6,8-10,12-14,17,19-21H2,1-3H3,(H,41,48)/b11-7-/t23?,25-,27+,29+,34?,38-/m1/s1. The molecule has 2 unspecified atom stereocenters. The zero-order valence-electron chi connectivity index (χ0n) is 30.0. The second-order valence-corrected chi connectivity index (χ2v) is 14.9. The highest BCUT2D eigenvalue weighted by Crippen LogP contribution is 2.47. The Kier molecular flexibility index (Phi) is 12.1. The van der Waals surface area contributed by atoms with Gasteiger partial charge in [-0.2, -0.15) is 0 Å². The lowest BCUT2D eigenvalue weighted by Gasteiger charge is -2.33. The van der Waals surface area contributed by atoms with Crippen LogP contribution >= 0.6 is 15.9 Å². The number of methoxy groups -OCH3 is 2. The molecule has 3 fully saturated rings. The lowest BCUT2D eigenvalue weighted by Crippen LogP contribution is -2.58. The summed E-state index contributed by atoms with van der Waals surface area (Å²) in [5, 5.41) is 18.6. The number of ether oxygens (including phenoxy) is 4. The van der Waals surface area contributed by atoms with E-state index in [0.29, 0.717) is 41.7 Å². The maximum Gasteiger partial charge on any atom is 0.408 e. The molecule has 2 aliphatic heterocycles. The van der Waals surface area contributed by atoms with Gasteiger partial charge in [-0.1, -0.05) is 40.9 Å². The second-order valence-electron chi connectivity index (χ2n) is 14.3. The molecule has 52 heavy (non-hydrogen) atoms. The summed E-state index contributed by atoms with van der Waals surface area (Å²) in [6.45, 7) is 1.93. The van der Waals surface area contributed by atoms with Gasteiger partial charge in [-0.15, -0.1) is 0 Å². The number of amides is 2. The van der Waals surface area contributed by atoms with E-state index < -0.39 is 42.0 Å². The first kappa shape index (κ1) is 38.0. The molecule has 2 amide bonds. The van der Waals surface area contributed by atoms with Crippen LogP contribution < -0.4 is 20.1 Å². The van der Waals surface area contributed by atoms with Crippen molar-refractivity contribution in [3.05, 3.63) is 41.6 Å². The van der Waals surface area contributed by atoms with Gasteiger partial charge in [0, 0.05) is 29.4 Å². The summed E-state index contributed by atoms with van der Waals surface area (Å²) < 4.78 is 23.0. The zero-order chi connectivity index (χ0) is 37.0. The number of halogens is 1. The Bertz CT molecular complexity index is 1700. The highest BCUT2D eigenvalue weighted by atomic mass is 79.9. The lowest BCUT2D eigenvalue weighted by molar-refractivity contribution is -0.147. The maximum atomic E-state index is 14.5. The van der Waals surface area contributed by atoms with E-state index in [4.69, 9.17) is 18.9 Å². The van der Waals surface area contributed by atoms with Crippen molar-refractivity contribution < 1.29 is 43.2 Å². The molecule has 14 heteroatoms. The number of rotatable bonds is 8. The number of nitrogens with one attached hydrogen (secondary N) is 2. The minimum Gasteiger partial charge on any atom is -0.496 e. The van der Waals surface area contributed by atoms with Gasteiger partial charge < -0.3 is 34.3 Å². The van der Waals surface area contributed by atoms with E-state index in [-0.39, 0.29) is 47.7 Å². The molecule has 3 heterocycles. The summed E-state index contributed by atoms with van der Waals surface area (Å²) in [7, 11) is 2.89. The predicted octanol–water partition coefficient (Wildman–Crippen LogP) is 4.88. The smallest absolute Gasteiger partial charge is 0.408 e. The number of aromatic nitrogens is 1. The van der Waals surface area contributed by atoms with E-state index in [2.05, 4.69) is 37.6 Å². The fraction of sp³-hybridized carbons (Fsp3) is 0.605. The van der Waals surface area contributed by atoms with Crippen molar-refractivity contribution in [2.75, 3.05) is 26.1 Å². The molecule has 0 spiro atoms. The Balaban J connectivity index is 1.33. The highest BCUT2D eigenvalue weighted by molar-refractivity contribution is 9.09. The third kappa shape index (κ3) is 8.08. The molecule has 0 bridgehead atoms. The number of aryl methyl sites for hydroxylation is 1. The fourth-order valence-electron chi connectivity index (χ4n) is 7.91. The molecule has 6 atom stereocenters. The molecule has 6 rings (SSSR count). The SMILES string of the molecule is COC(=O)[C@@]12CC1/C=C\CCCCC[C@H](NC(=O)OC1CCCC1)C(=O)N1C[C@H](Oc3cc(C(=O)CBr)nc4c(C)c(OC)ccc34)C[C@H]1C(O)N2. The lowest BCUT2D eigenvalue weighted by atomic mass is 10.0. The molecule has 1 aromatic heterocycles. The number of hydrogen-bond acceptors (Lipinski definition) is 11. The number of esters is 1.